The van der Waals surface area contributed by atoms with Crippen LogP contribution in [0.25, 0.3) is 0 Å². The average molecular weight is 243 g/mol. The van der Waals surface area contributed by atoms with E-state index in [0.717, 1.165) is 19.6 Å². The maximum absolute atomic E-state index is 8.96. The Bertz CT molecular complexity index is 409. The van der Waals surface area contributed by atoms with E-state index in [1.54, 1.807) is 0 Å². The molecule has 1 fully saturated rings. The van der Waals surface area contributed by atoms with Crippen LogP contribution in [-0.2, 0) is 0 Å². The zero-order chi connectivity index (χ0) is 13.0. The fraction of sp³-hybridized carbons (Fsp3) is 0.533. The molecule has 1 aromatic rings. The summed E-state index contributed by atoms with van der Waals surface area (Å²) in [6.45, 7) is 5.35. The molecule has 1 heterocycles. The van der Waals surface area contributed by atoms with E-state index < -0.39 is 0 Å². The minimum Gasteiger partial charge on any atom is -0.370 e. The lowest BCUT2D eigenvalue weighted by molar-refractivity contribution is 0.241. The fourth-order valence-electron chi connectivity index (χ4n) is 2.72. The van der Waals surface area contributed by atoms with Crippen LogP contribution < -0.4 is 4.90 Å². The van der Waals surface area contributed by atoms with E-state index in [1.165, 1.54) is 5.69 Å². The Morgan fingerprint density at radius 1 is 1.22 bits per heavy atom. The summed E-state index contributed by atoms with van der Waals surface area (Å²) in [5.74, 6) is 0.624. The van der Waals surface area contributed by atoms with Gasteiger partial charge in [0.15, 0.2) is 0 Å². The largest absolute Gasteiger partial charge is 0.370 e. The Morgan fingerprint density at radius 2 is 1.94 bits per heavy atom. The Balaban J connectivity index is 2.17. The molecule has 0 N–H and O–H groups in total. The van der Waals surface area contributed by atoms with Crippen molar-refractivity contribution >= 4 is 5.69 Å². The van der Waals surface area contributed by atoms with Crippen LogP contribution in [0, 0.1) is 17.2 Å². The molecule has 2 atom stereocenters. The first-order valence-electron chi connectivity index (χ1n) is 6.58. The molecular formula is C15H21N3. The van der Waals surface area contributed by atoms with Crippen LogP contribution in [0.4, 0.5) is 5.69 Å². The number of hydrogen-bond acceptors (Lipinski definition) is 3. The molecule has 2 unspecified atom stereocenters. The lowest BCUT2D eigenvalue weighted by atomic mass is 10.1. The van der Waals surface area contributed by atoms with E-state index in [2.05, 4.69) is 54.1 Å². The first-order chi connectivity index (χ1) is 8.70. The standard InChI is InChI=1S/C15H21N3/c1-13-10-17(2)15(8-9-16)12-18(11-13)14-6-4-3-5-7-14/h3-7,13,15H,8,10-12H2,1-2H3. The summed E-state index contributed by atoms with van der Waals surface area (Å²) in [7, 11) is 2.13. The Morgan fingerprint density at radius 3 is 2.61 bits per heavy atom. The van der Waals surface area contributed by atoms with E-state index in [1.807, 2.05) is 6.07 Å². The van der Waals surface area contributed by atoms with Crippen molar-refractivity contribution in [3.8, 4) is 6.07 Å². The molecule has 1 saturated heterocycles. The Hall–Kier alpha value is -1.53. The lowest BCUT2D eigenvalue weighted by Crippen LogP contribution is -2.38. The van der Waals surface area contributed by atoms with E-state index in [9.17, 15) is 0 Å². The van der Waals surface area contributed by atoms with Crippen molar-refractivity contribution in [1.29, 1.82) is 5.26 Å². The Labute approximate surface area is 110 Å². The van der Waals surface area contributed by atoms with E-state index >= 15 is 0 Å². The van der Waals surface area contributed by atoms with E-state index in [4.69, 9.17) is 5.26 Å². The third-order valence-electron chi connectivity index (χ3n) is 3.63. The molecule has 3 nitrogen and oxygen atoms in total. The summed E-state index contributed by atoms with van der Waals surface area (Å²) >= 11 is 0. The van der Waals surface area contributed by atoms with Crippen molar-refractivity contribution in [2.24, 2.45) is 5.92 Å². The Kier molecular flexibility index (Phi) is 4.22. The summed E-state index contributed by atoms with van der Waals surface area (Å²) < 4.78 is 0. The molecule has 0 spiro atoms. The molecule has 0 saturated carbocycles. The first kappa shape index (κ1) is 12.9. The molecule has 1 aromatic carbocycles. The zero-order valence-electron chi connectivity index (χ0n) is 11.2. The molecule has 1 aliphatic rings. The molecular weight excluding hydrogens is 222 g/mol. The minimum absolute atomic E-state index is 0.333. The molecule has 18 heavy (non-hydrogen) atoms. The lowest BCUT2D eigenvalue weighted by Gasteiger charge is -2.28. The molecule has 96 valence electrons. The molecule has 0 aromatic heterocycles. The van der Waals surface area contributed by atoms with Gasteiger partial charge >= 0.3 is 0 Å². The van der Waals surface area contributed by atoms with Gasteiger partial charge in [-0.3, -0.25) is 0 Å². The maximum atomic E-state index is 8.96. The average Bonchev–Trinajstić information content (AvgIpc) is 2.51. The van der Waals surface area contributed by atoms with Crippen molar-refractivity contribution in [3.63, 3.8) is 0 Å². The second-order valence-corrected chi connectivity index (χ2v) is 5.30. The van der Waals surface area contributed by atoms with Crippen LogP contribution in [-0.4, -0.2) is 37.6 Å². The normalized spacial score (nSPS) is 25.5. The second kappa shape index (κ2) is 5.88. The quantitative estimate of drug-likeness (QED) is 0.799. The van der Waals surface area contributed by atoms with Crippen LogP contribution in [0.15, 0.2) is 30.3 Å². The highest BCUT2D eigenvalue weighted by Crippen LogP contribution is 2.21. The number of likely N-dealkylation sites (N-methyl/N-ethyl adjacent to an activating group) is 1. The number of anilines is 1. The number of rotatable bonds is 2. The predicted molar refractivity (Wildman–Crippen MR) is 74.5 cm³/mol. The summed E-state index contributed by atoms with van der Waals surface area (Å²) in [6.07, 6.45) is 0.604. The van der Waals surface area contributed by atoms with E-state index in [-0.39, 0.29) is 0 Å². The van der Waals surface area contributed by atoms with Gasteiger partial charge in [0.05, 0.1) is 12.5 Å². The fourth-order valence-corrected chi connectivity index (χ4v) is 2.72. The molecule has 2 rings (SSSR count). The number of nitrogens with zero attached hydrogens (tertiary/aromatic N) is 3. The molecule has 0 bridgehead atoms. The predicted octanol–water partition coefficient (Wildman–Crippen LogP) is 2.36. The van der Waals surface area contributed by atoms with Gasteiger partial charge in [0.25, 0.3) is 0 Å². The van der Waals surface area contributed by atoms with Gasteiger partial charge in [-0.25, -0.2) is 0 Å². The second-order valence-electron chi connectivity index (χ2n) is 5.30. The summed E-state index contributed by atoms with van der Waals surface area (Å²) in [5, 5.41) is 8.96. The zero-order valence-corrected chi connectivity index (χ0v) is 11.2. The van der Waals surface area contributed by atoms with E-state index in [0.29, 0.717) is 18.4 Å². The van der Waals surface area contributed by atoms with Gasteiger partial charge in [-0.15, -0.1) is 0 Å². The highest BCUT2D eigenvalue weighted by Gasteiger charge is 2.25. The monoisotopic (exact) mass is 243 g/mol. The van der Waals surface area contributed by atoms with Gasteiger partial charge in [-0.1, -0.05) is 25.1 Å². The van der Waals surface area contributed by atoms with Crippen LogP contribution in [0.1, 0.15) is 13.3 Å². The first-order valence-corrected chi connectivity index (χ1v) is 6.58. The van der Waals surface area contributed by atoms with Crippen LogP contribution in [0.5, 0.6) is 0 Å². The summed E-state index contributed by atoms with van der Waals surface area (Å²) in [6, 6.07) is 13.2. The number of para-hydroxylation sites is 1. The summed E-state index contributed by atoms with van der Waals surface area (Å²) in [4.78, 5) is 4.74. The SMILES string of the molecule is CC1CN(c2ccccc2)CC(CC#N)N(C)C1. The summed E-state index contributed by atoms with van der Waals surface area (Å²) in [5.41, 5.74) is 1.27. The van der Waals surface area contributed by atoms with Crippen molar-refractivity contribution in [1.82, 2.24) is 4.90 Å². The van der Waals surface area contributed by atoms with Gasteiger partial charge in [-0.2, -0.15) is 5.26 Å². The topological polar surface area (TPSA) is 30.3 Å². The van der Waals surface area contributed by atoms with Crippen molar-refractivity contribution in [2.45, 2.75) is 19.4 Å². The molecule has 0 radical (unpaired) electrons. The van der Waals surface area contributed by atoms with Gasteiger partial charge in [-0.05, 0) is 25.1 Å². The highest BCUT2D eigenvalue weighted by atomic mass is 15.2. The minimum atomic E-state index is 0.333. The van der Waals surface area contributed by atoms with Gasteiger partial charge in [0, 0.05) is 31.4 Å². The van der Waals surface area contributed by atoms with Gasteiger partial charge in [0.1, 0.15) is 0 Å². The maximum Gasteiger partial charge on any atom is 0.0638 e. The number of benzene rings is 1. The van der Waals surface area contributed by atoms with Crippen molar-refractivity contribution < 1.29 is 0 Å². The third-order valence-corrected chi connectivity index (χ3v) is 3.63. The van der Waals surface area contributed by atoms with Crippen LogP contribution >= 0.6 is 0 Å². The van der Waals surface area contributed by atoms with Gasteiger partial charge in [0.2, 0.25) is 0 Å². The highest BCUT2D eigenvalue weighted by molar-refractivity contribution is 5.46. The number of nitriles is 1. The van der Waals surface area contributed by atoms with Crippen LogP contribution in [0.2, 0.25) is 0 Å². The van der Waals surface area contributed by atoms with Gasteiger partial charge < -0.3 is 9.80 Å². The number of hydrogen-bond donors (Lipinski definition) is 0. The van der Waals surface area contributed by atoms with Crippen LogP contribution in [0.3, 0.4) is 0 Å². The van der Waals surface area contributed by atoms with Crippen molar-refractivity contribution in [3.05, 3.63) is 30.3 Å². The molecule has 0 amide bonds. The van der Waals surface area contributed by atoms with Crippen molar-refractivity contribution in [2.75, 3.05) is 31.6 Å². The third kappa shape index (κ3) is 3.02. The smallest absolute Gasteiger partial charge is 0.0638 e. The molecule has 0 aliphatic carbocycles. The molecule has 1 aliphatic heterocycles. The molecule has 3 heteroatoms.